The molecule has 3 heteroatoms. The van der Waals surface area contributed by atoms with Gasteiger partial charge in [0.15, 0.2) is 0 Å². The molecule has 108 valence electrons. The van der Waals surface area contributed by atoms with Gasteiger partial charge in [-0.25, -0.2) is 0 Å². The van der Waals surface area contributed by atoms with Crippen molar-refractivity contribution in [3.8, 4) is 0 Å². The van der Waals surface area contributed by atoms with Crippen molar-refractivity contribution in [2.45, 2.75) is 36.0 Å². The van der Waals surface area contributed by atoms with Crippen LogP contribution in [0.25, 0.3) is 0 Å². The van der Waals surface area contributed by atoms with Crippen molar-refractivity contribution in [2.75, 3.05) is 0 Å². The Labute approximate surface area is 144 Å². The second-order valence-electron chi connectivity index (χ2n) is 5.76. The summed E-state index contributed by atoms with van der Waals surface area (Å²) in [6.45, 7) is 0. The van der Waals surface area contributed by atoms with Crippen molar-refractivity contribution in [3.05, 3.63) is 58.6 Å². The van der Waals surface area contributed by atoms with Crippen LogP contribution in [0, 0.1) is 0 Å². The van der Waals surface area contributed by atoms with E-state index < -0.39 is 19.8 Å². The van der Waals surface area contributed by atoms with Gasteiger partial charge in [0.2, 0.25) is 0 Å². The predicted molar refractivity (Wildman–Crippen MR) is 94.8 cm³/mol. The Morgan fingerprint density at radius 1 is 0.667 bits per heavy atom. The zero-order chi connectivity index (χ0) is 14.7. The van der Waals surface area contributed by atoms with Gasteiger partial charge in [0.05, 0.1) is 0 Å². The summed E-state index contributed by atoms with van der Waals surface area (Å²) in [5.41, 5.74) is 0. The molecule has 0 unspecified atom stereocenters. The molecular weight excluding hydrogens is 406 g/mol. The zero-order valence-corrected chi connectivity index (χ0v) is 16.4. The van der Waals surface area contributed by atoms with Gasteiger partial charge in [-0.3, -0.25) is 0 Å². The van der Waals surface area contributed by atoms with Crippen molar-refractivity contribution < 1.29 is 0 Å². The first-order chi connectivity index (χ1) is 10.2. The van der Waals surface area contributed by atoms with Crippen LogP contribution in [0.5, 0.6) is 0 Å². The first-order valence-electron chi connectivity index (χ1n) is 7.63. The Bertz CT molecular complexity index is 526. The van der Waals surface area contributed by atoms with Gasteiger partial charge < -0.3 is 0 Å². The van der Waals surface area contributed by atoms with E-state index in [4.69, 9.17) is 23.2 Å². The van der Waals surface area contributed by atoms with Crippen LogP contribution in [-0.4, -0.2) is 19.8 Å². The molecule has 0 bridgehead atoms. The molecule has 2 aromatic carbocycles. The van der Waals surface area contributed by atoms with Crippen LogP contribution in [0.1, 0.15) is 32.1 Å². The van der Waals surface area contributed by atoms with Gasteiger partial charge in [-0.1, -0.05) is 0 Å². The van der Waals surface area contributed by atoms with Crippen LogP contribution in [0.15, 0.2) is 48.5 Å². The van der Waals surface area contributed by atoms with Crippen molar-refractivity contribution >= 4 is 50.1 Å². The standard InChI is InChI=1S/2C6H4Cl.C6H11.Sn/c2*7-6-4-2-1-3-5-6;1-2-4-6-5-3-1;/h2*2-5H;1H,2-6H2;/q;;;+1. The first kappa shape index (κ1) is 15.7. The Morgan fingerprint density at radius 3 is 1.52 bits per heavy atom. The molecule has 0 saturated heterocycles. The first-order valence-corrected chi connectivity index (χ1v) is 12.9. The monoisotopic (exact) mass is 425 g/mol. The van der Waals surface area contributed by atoms with E-state index in [1.807, 2.05) is 0 Å². The van der Waals surface area contributed by atoms with E-state index in [1.165, 1.54) is 32.1 Å². The van der Waals surface area contributed by atoms with E-state index in [1.54, 1.807) is 7.16 Å². The Kier molecular flexibility index (Phi) is 5.53. The molecule has 0 nitrogen and oxygen atoms in total. The molecule has 1 saturated carbocycles. The summed E-state index contributed by atoms with van der Waals surface area (Å²) in [6.07, 6.45) is 7.01. The summed E-state index contributed by atoms with van der Waals surface area (Å²) >= 11 is 10.3. The number of hydrogen-bond acceptors (Lipinski definition) is 0. The van der Waals surface area contributed by atoms with Gasteiger partial charge in [-0.15, -0.1) is 0 Å². The third-order valence-corrected chi connectivity index (χ3v) is 14.3. The minimum atomic E-state index is -1.88. The normalized spacial score (nSPS) is 15.9. The summed E-state index contributed by atoms with van der Waals surface area (Å²) in [4.78, 5) is 0. The molecule has 0 radical (unpaired) electrons. The zero-order valence-electron chi connectivity index (χ0n) is 12.0. The molecule has 1 aliphatic carbocycles. The maximum absolute atomic E-state index is 6.07. The van der Waals surface area contributed by atoms with Crippen molar-refractivity contribution in [2.24, 2.45) is 0 Å². The second kappa shape index (κ2) is 7.39. The molecule has 0 aliphatic heterocycles. The maximum atomic E-state index is 6.07. The molecule has 1 fully saturated rings. The van der Waals surface area contributed by atoms with E-state index >= 15 is 0 Å². The second-order valence-corrected chi connectivity index (χ2v) is 14.6. The molecule has 0 spiro atoms. The van der Waals surface area contributed by atoms with Crippen LogP contribution in [0.2, 0.25) is 14.0 Å². The minimum absolute atomic E-state index is 0.834. The average molecular weight is 425 g/mol. The molecule has 0 heterocycles. The molecule has 21 heavy (non-hydrogen) atoms. The quantitative estimate of drug-likeness (QED) is 0.612. The van der Waals surface area contributed by atoms with Crippen LogP contribution in [0.4, 0.5) is 0 Å². The Morgan fingerprint density at radius 2 is 1.10 bits per heavy atom. The van der Waals surface area contributed by atoms with Crippen molar-refractivity contribution in [1.29, 1.82) is 0 Å². The molecular formula is C18H19Cl2Sn+. The fourth-order valence-electron chi connectivity index (χ4n) is 3.29. The molecule has 2 aromatic rings. The van der Waals surface area contributed by atoms with Gasteiger partial charge >= 0.3 is 145 Å². The molecule has 3 rings (SSSR count). The molecule has 0 amide bonds. The number of hydrogen-bond donors (Lipinski definition) is 0. The Hall–Kier alpha value is -0.181. The number of rotatable bonds is 3. The average Bonchev–Trinajstić information content (AvgIpc) is 2.52. The Balaban J connectivity index is 1.97. The van der Waals surface area contributed by atoms with Crippen LogP contribution in [0.3, 0.4) is 0 Å². The van der Waals surface area contributed by atoms with Gasteiger partial charge in [-0.2, -0.15) is 0 Å². The number of halogens is 2. The van der Waals surface area contributed by atoms with Gasteiger partial charge in [0.1, 0.15) is 0 Å². The molecule has 0 aromatic heterocycles. The van der Waals surface area contributed by atoms with Crippen molar-refractivity contribution in [1.82, 2.24) is 0 Å². The van der Waals surface area contributed by atoms with Crippen molar-refractivity contribution in [3.63, 3.8) is 0 Å². The van der Waals surface area contributed by atoms with Gasteiger partial charge in [0, 0.05) is 0 Å². The predicted octanol–water partition coefficient (Wildman–Crippen LogP) is 4.94. The van der Waals surface area contributed by atoms with Crippen LogP contribution < -0.4 is 7.16 Å². The molecule has 0 N–H and O–H groups in total. The third kappa shape index (κ3) is 3.97. The molecule has 0 atom stereocenters. The van der Waals surface area contributed by atoms with Gasteiger partial charge in [-0.05, 0) is 0 Å². The fourth-order valence-corrected chi connectivity index (χ4v) is 13.0. The SMILES string of the molecule is Clc1cc[c]([Sn+]([c]2ccc(Cl)cc2)[CH]2CCCCC2)cc1. The van der Waals surface area contributed by atoms with E-state index in [0.29, 0.717) is 0 Å². The number of benzene rings is 2. The van der Waals surface area contributed by atoms with E-state index in [0.717, 1.165) is 14.0 Å². The summed E-state index contributed by atoms with van der Waals surface area (Å²) in [7, 11) is 0. The van der Waals surface area contributed by atoms with E-state index in [-0.39, 0.29) is 0 Å². The topological polar surface area (TPSA) is 0 Å². The van der Waals surface area contributed by atoms with Crippen LogP contribution in [-0.2, 0) is 0 Å². The summed E-state index contributed by atoms with van der Waals surface area (Å²) in [5.74, 6) is 0. The fraction of sp³-hybridized carbons (Fsp3) is 0.333. The van der Waals surface area contributed by atoms with Crippen LogP contribution >= 0.6 is 23.2 Å². The summed E-state index contributed by atoms with van der Waals surface area (Å²) in [6, 6.07) is 17.3. The molecule has 1 aliphatic rings. The summed E-state index contributed by atoms with van der Waals surface area (Å²) < 4.78 is 4.05. The van der Waals surface area contributed by atoms with E-state index in [9.17, 15) is 0 Å². The summed E-state index contributed by atoms with van der Waals surface area (Å²) in [5, 5.41) is 1.67. The van der Waals surface area contributed by atoms with E-state index in [2.05, 4.69) is 48.5 Å². The van der Waals surface area contributed by atoms with Gasteiger partial charge in [0.25, 0.3) is 0 Å². The third-order valence-electron chi connectivity index (χ3n) is 4.32.